The van der Waals surface area contributed by atoms with Crippen LogP contribution in [-0.2, 0) is 14.2 Å². The molecule has 0 radical (unpaired) electrons. The molecule has 0 unspecified atom stereocenters. The van der Waals surface area contributed by atoms with Gasteiger partial charge in [0.2, 0.25) is 0 Å². The topological polar surface area (TPSA) is 39.7 Å². The molecule has 0 aromatic carbocycles. The van der Waals surface area contributed by atoms with Crippen molar-refractivity contribution in [1.29, 1.82) is 0 Å². The summed E-state index contributed by atoms with van der Waals surface area (Å²) in [5.41, 5.74) is 0. The Morgan fingerprint density at radius 3 is 2.22 bits per heavy atom. The summed E-state index contributed by atoms with van der Waals surface area (Å²) in [5.74, 6) is 0.602. The minimum atomic E-state index is -0.211. The number of nitrogens with one attached hydrogen (secondary N) is 1. The lowest BCUT2D eigenvalue weighted by Gasteiger charge is -2.36. The van der Waals surface area contributed by atoms with Crippen molar-refractivity contribution < 1.29 is 14.2 Å². The molecule has 104 valence electrons. The van der Waals surface area contributed by atoms with Gasteiger partial charge in [-0.1, -0.05) is 0 Å². The molecule has 2 aliphatic heterocycles. The molecule has 0 aromatic heterocycles. The smallest absolute Gasteiger partial charge is 0.168 e. The average Bonchev–Trinajstić information content (AvgIpc) is 2.88. The molecule has 1 saturated carbocycles. The summed E-state index contributed by atoms with van der Waals surface area (Å²) < 4.78 is 16.9. The Bertz CT molecular complexity index is 250. The summed E-state index contributed by atoms with van der Waals surface area (Å²) >= 11 is 0. The van der Waals surface area contributed by atoms with Gasteiger partial charge in [-0.15, -0.1) is 0 Å². The zero-order chi connectivity index (χ0) is 12.3. The number of hydrogen-bond acceptors (Lipinski definition) is 4. The summed E-state index contributed by atoms with van der Waals surface area (Å²) in [7, 11) is 0. The summed E-state index contributed by atoms with van der Waals surface area (Å²) in [5, 5.41) is 3.73. The lowest BCUT2D eigenvalue weighted by Crippen LogP contribution is -2.43. The minimum absolute atomic E-state index is 0.211. The highest BCUT2D eigenvalue weighted by atomic mass is 16.7. The molecule has 4 nitrogen and oxygen atoms in total. The molecule has 2 saturated heterocycles. The van der Waals surface area contributed by atoms with Crippen LogP contribution in [0, 0.1) is 5.92 Å². The Morgan fingerprint density at radius 2 is 1.56 bits per heavy atom. The molecule has 1 N–H and O–H groups in total. The van der Waals surface area contributed by atoms with Gasteiger partial charge >= 0.3 is 0 Å². The number of hydrogen-bond donors (Lipinski definition) is 1. The highest BCUT2D eigenvalue weighted by Crippen LogP contribution is 2.35. The molecule has 0 amide bonds. The fourth-order valence-corrected chi connectivity index (χ4v) is 3.33. The van der Waals surface area contributed by atoms with Crippen LogP contribution in [0.1, 0.15) is 38.5 Å². The van der Waals surface area contributed by atoms with Gasteiger partial charge in [0.1, 0.15) is 0 Å². The van der Waals surface area contributed by atoms with Gasteiger partial charge in [0.25, 0.3) is 0 Å². The number of ether oxygens (including phenoxy) is 3. The molecular weight excluding hydrogens is 230 g/mol. The monoisotopic (exact) mass is 255 g/mol. The first kappa shape index (κ1) is 12.9. The van der Waals surface area contributed by atoms with Crippen LogP contribution < -0.4 is 5.32 Å². The summed E-state index contributed by atoms with van der Waals surface area (Å²) in [6.45, 7) is 4.60. The van der Waals surface area contributed by atoms with Crippen LogP contribution in [0.5, 0.6) is 0 Å². The van der Waals surface area contributed by atoms with E-state index in [0.717, 1.165) is 51.7 Å². The molecule has 3 aliphatic rings. The Kier molecular flexibility index (Phi) is 4.19. The maximum absolute atomic E-state index is 5.76. The molecule has 1 aliphatic carbocycles. The second-order valence-corrected chi connectivity index (χ2v) is 5.85. The van der Waals surface area contributed by atoms with Crippen LogP contribution in [0.3, 0.4) is 0 Å². The Balaban J connectivity index is 1.37. The highest BCUT2D eigenvalue weighted by molar-refractivity contribution is 4.85. The summed E-state index contributed by atoms with van der Waals surface area (Å²) in [4.78, 5) is 0. The van der Waals surface area contributed by atoms with Crippen LogP contribution in [0.4, 0.5) is 0 Å². The normalized spacial score (nSPS) is 30.0. The van der Waals surface area contributed by atoms with E-state index in [1.807, 2.05) is 0 Å². The van der Waals surface area contributed by atoms with Crippen LogP contribution in [0.2, 0.25) is 0 Å². The quantitative estimate of drug-likeness (QED) is 0.833. The Hall–Kier alpha value is -0.160. The fraction of sp³-hybridized carbons (Fsp3) is 1.00. The van der Waals surface area contributed by atoms with Crippen molar-refractivity contribution in [3.05, 3.63) is 0 Å². The molecule has 0 bridgehead atoms. The summed E-state index contributed by atoms with van der Waals surface area (Å²) in [6, 6.07) is 0.659. The van der Waals surface area contributed by atoms with E-state index in [-0.39, 0.29) is 5.79 Å². The average molecular weight is 255 g/mol. The van der Waals surface area contributed by atoms with Crippen molar-refractivity contribution in [3.8, 4) is 0 Å². The third kappa shape index (κ3) is 3.05. The van der Waals surface area contributed by atoms with Crippen molar-refractivity contribution in [3.63, 3.8) is 0 Å². The molecule has 0 atom stereocenters. The lowest BCUT2D eigenvalue weighted by atomic mass is 9.89. The molecule has 18 heavy (non-hydrogen) atoms. The van der Waals surface area contributed by atoms with E-state index in [9.17, 15) is 0 Å². The Morgan fingerprint density at radius 1 is 0.889 bits per heavy atom. The van der Waals surface area contributed by atoms with Gasteiger partial charge in [-0.3, -0.25) is 0 Å². The van der Waals surface area contributed by atoms with E-state index in [0.29, 0.717) is 6.04 Å². The van der Waals surface area contributed by atoms with Crippen LogP contribution in [0.25, 0.3) is 0 Å². The van der Waals surface area contributed by atoms with Gasteiger partial charge in [-0.05, 0) is 38.1 Å². The molecular formula is C14H25NO3. The summed E-state index contributed by atoms with van der Waals surface area (Å²) in [6.07, 6.45) is 6.91. The molecule has 2 heterocycles. The third-order valence-electron chi connectivity index (χ3n) is 4.60. The van der Waals surface area contributed by atoms with Crippen molar-refractivity contribution >= 4 is 0 Å². The predicted octanol–water partition coefficient (Wildman–Crippen LogP) is 1.69. The van der Waals surface area contributed by atoms with Crippen molar-refractivity contribution in [2.45, 2.75) is 50.4 Å². The molecule has 4 heteroatoms. The largest absolute Gasteiger partial charge is 0.381 e. The zero-order valence-corrected chi connectivity index (χ0v) is 11.2. The van der Waals surface area contributed by atoms with E-state index in [1.54, 1.807) is 0 Å². The second-order valence-electron chi connectivity index (χ2n) is 5.85. The molecule has 0 aromatic rings. The fourth-order valence-electron chi connectivity index (χ4n) is 3.33. The van der Waals surface area contributed by atoms with Gasteiger partial charge < -0.3 is 19.5 Å². The highest BCUT2D eigenvalue weighted by Gasteiger charge is 2.40. The van der Waals surface area contributed by atoms with Crippen LogP contribution in [0.15, 0.2) is 0 Å². The predicted molar refractivity (Wildman–Crippen MR) is 68.4 cm³/mol. The van der Waals surface area contributed by atoms with Gasteiger partial charge in [-0.2, -0.15) is 0 Å². The number of rotatable bonds is 3. The van der Waals surface area contributed by atoms with E-state index < -0.39 is 0 Å². The zero-order valence-electron chi connectivity index (χ0n) is 11.2. The van der Waals surface area contributed by atoms with Crippen molar-refractivity contribution in [2.24, 2.45) is 5.92 Å². The van der Waals surface area contributed by atoms with Crippen LogP contribution in [-0.4, -0.2) is 44.8 Å². The Labute approximate surface area is 109 Å². The molecule has 3 rings (SSSR count). The van der Waals surface area contributed by atoms with E-state index in [1.165, 1.54) is 25.7 Å². The van der Waals surface area contributed by atoms with Crippen molar-refractivity contribution in [2.75, 3.05) is 33.0 Å². The maximum atomic E-state index is 5.76. The van der Waals surface area contributed by atoms with Gasteiger partial charge in [-0.25, -0.2) is 0 Å². The first-order chi connectivity index (χ1) is 8.86. The van der Waals surface area contributed by atoms with Crippen molar-refractivity contribution in [1.82, 2.24) is 5.32 Å². The van der Waals surface area contributed by atoms with Gasteiger partial charge in [0.05, 0.1) is 13.2 Å². The van der Waals surface area contributed by atoms with E-state index in [4.69, 9.17) is 14.2 Å². The van der Waals surface area contributed by atoms with E-state index >= 15 is 0 Å². The SMILES string of the molecule is C1CC(CNC2CCC3(CC2)OCCO3)CCO1. The minimum Gasteiger partial charge on any atom is -0.381 e. The standard InChI is InChI=1S/C14H25NO3/c1-5-14(17-9-10-18-14)6-2-13(1)15-11-12-3-7-16-8-4-12/h12-13,15H,1-11H2. The lowest BCUT2D eigenvalue weighted by molar-refractivity contribution is -0.179. The second kappa shape index (κ2) is 5.87. The van der Waals surface area contributed by atoms with Crippen LogP contribution >= 0.6 is 0 Å². The first-order valence-electron chi connectivity index (χ1n) is 7.45. The molecule has 3 fully saturated rings. The first-order valence-corrected chi connectivity index (χ1v) is 7.45. The van der Waals surface area contributed by atoms with Gasteiger partial charge in [0, 0.05) is 32.1 Å². The third-order valence-corrected chi connectivity index (χ3v) is 4.60. The molecule has 1 spiro atoms. The van der Waals surface area contributed by atoms with Gasteiger partial charge in [0.15, 0.2) is 5.79 Å². The maximum Gasteiger partial charge on any atom is 0.168 e. The van der Waals surface area contributed by atoms with E-state index in [2.05, 4.69) is 5.32 Å².